The molecule has 0 bridgehead atoms. The number of hydrogen-bond donors (Lipinski definition) is 4. The molecular weight excluding hydrogens is 427 g/mol. The van der Waals surface area contributed by atoms with E-state index < -0.39 is 23.3 Å². The van der Waals surface area contributed by atoms with E-state index in [2.05, 4.69) is 20.6 Å². The van der Waals surface area contributed by atoms with Gasteiger partial charge in [0.2, 0.25) is 0 Å². The second-order valence-electron chi connectivity index (χ2n) is 9.02. The number of carbonyl (C=O) groups is 1. The van der Waals surface area contributed by atoms with E-state index in [1.54, 1.807) is 42.8 Å². The molecule has 0 fully saturated rings. The van der Waals surface area contributed by atoms with Gasteiger partial charge in [-0.3, -0.25) is 9.36 Å². The molecule has 0 aliphatic heterocycles. The zero-order valence-corrected chi connectivity index (χ0v) is 18.9. The van der Waals surface area contributed by atoms with Gasteiger partial charge in [-0.25, -0.2) is 14.4 Å². The largest absolute Gasteiger partial charge is 0.389 e. The number of nitriles is 1. The molecule has 1 atom stereocenters. The number of halogens is 1. The smallest absolute Gasteiger partial charge is 0.255 e. The summed E-state index contributed by atoms with van der Waals surface area (Å²) in [4.78, 5) is 21.4. The van der Waals surface area contributed by atoms with Crippen LogP contribution in [0.1, 0.15) is 43.6 Å². The molecule has 3 heterocycles. The molecule has 0 aliphatic rings. The third-order valence-corrected chi connectivity index (χ3v) is 4.96. The van der Waals surface area contributed by atoms with E-state index in [4.69, 9.17) is 5.26 Å². The molecule has 0 unspecified atom stereocenters. The Morgan fingerprint density at radius 1 is 1.24 bits per heavy atom. The summed E-state index contributed by atoms with van der Waals surface area (Å²) in [6, 6.07) is 7.19. The zero-order chi connectivity index (χ0) is 24.4. The molecule has 174 valence electrons. The predicted molar refractivity (Wildman–Crippen MR) is 122 cm³/mol. The van der Waals surface area contributed by atoms with Crippen LogP contribution in [-0.2, 0) is 0 Å². The van der Waals surface area contributed by atoms with Gasteiger partial charge in [0.05, 0.1) is 34.6 Å². The van der Waals surface area contributed by atoms with Gasteiger partial charge in [0, 0.05) is 36.6 Å². The Labute approximate surface area is 190 Å². The molecule has 0 radical (unpaired) electrons. The number of nitrogens with one attached hydrogen (secondary N) is 2. The van der Waals surface area contributed by atoms with Crippen LogP contribution in [0.25, 0.3) is 16.9 Å². The Kier molecular flexibility index (Phi) is 6.67. The molecular formula is C23H27FN6O3. The number of pyridine rings is 2. The van der Waals surface area contributed by atoms with Crippen LogP contribution in [0.2, 0.25) is 0 Å². The van der Waals surface area contributed by atoms with E-state index in [1.807, 2.05) is 6.07 Å². The van der Waals surface area contributed by atoms with E-state index in [9.17, 15) is 19.4 Å². The molecule has 3 rings (SSSR count). The molecule has 0 aliphatic carbocycles. The van der Waals surface area contributed by atoms with Crippen LogP contribution in [-0.4, -0.2) is 61.1 Å². The minimum atomic E-state index is -1.66. The molecule has 0 spiro atoms. The molecule has 0 aromatic carbocycles. The van der Waals surface area contributed by atoms with Gasteiger partial charge in [0.25, 0.3) is 5.91 Å². The third kappa shape index (κ3) is 5.83. The standard InChI is InChI=1S/C23H27FN6O3/c1-22(2,32)13-29-17-8-19(30-6-5-15-7-14(9-25)10-27-20(15)30)26-11-16(17)21(31)28-12-18(24)23(3,4)33/h5-8,10-11,18,32-33H,12-13H2,1-4H3,(H,26,29)(H,28,31)/t18-/m1/s1. The number of anilines is 1. The highest BCUT2D eigenvalue weighted by molar-refractivity contribution is 5.99. The Morgan fingerprint density at radius 2 is 1.97 bits per heavy atom. The molecule has 9 nitrogen and oxygen atoms in total. The van der Waals surface area contributed by atoms with Crippen LogP contribution in [0, 0.1) is 11.3 Å². The highest BCUT2D eigenvalue weighted by atomic mass is 19.1. The Hall–Kier alpha value is -3.55. The number of amides is 1. The summed E-state index contributed by atoms with van der Waals surface area (Å²) in [5.41, 5.74) is -1.10. The van der Waals surface area contributed by atoms with Gasteiger partial charge in [-0.1, -0.05) is 0 Å². The van der Waals surface area contributed by atoms with Crippen molar-refractivity contribution in [2.45, 2.75) is 45.1 Å². The van der Waals surface area contributed by atoms with Crippen LogP contribution >= 0.6 is 0 Å². The van der Waals surface area contributed by atoms with Crippen molar-refractivity contribution in [2.75, 3.05) is 18.4 Å². The first kappa shape index (κ1) is 24.1. The second-order valence-corrected chi connectivity index (χ2v) is 9.02. The highest BCUT2D eigenvalue weighted by Gasteiger charge is 2.27. The first-order valence-corrected chi connectivity index (χ1v) is 10.4. The fraction of sp³-hybridized carbons (Fsp3) is 0.391. The third-order valence-electron chi connectivity index (χ3n) is 4.96. The minimum absolute atomic E-state index is 0.141. The van der Waals surface area contributed by atoms with Crippen molar-refractivity contribution in [3.05, 3.63) is 47.9 Å². The number of nitrogens with zero attached hydrogens (tertiary/aromatic N) is 4. The number of hydrogen-bond acceptors (Lipinski definition) is 7. The van der Waals surface area contributed by atoms with Crippen molar-refractivity contribution in [1.82, 2.24) is 19.9 Å². The van der Waals surface area contributed by atoms with Crippen molar-refractivity contribution in [3.63, 3.8) is 0 Å². The van der Waals surface area contributed by atoms with Gasteiger partial charge in [-0.05, 0) is 39.8 Å². The second kappa shape index (κ2) is 9.13. The maximum absolute atomic E-state index is 14.1. The summed E-state index contributed by atoms with van der Waals surface area (Å²) in [5, 5.41) is 35.2. The Morgan fingerprint density at radius 3 is 2.61 bits per heavy atom. The quantitative estimate of drug-likeness (QED) is 0.410. The van der Waals surface area contributed by atoms with E-state index in [-0.39, 0.29) is 18.7 Å². The average Bonchev–Trinajstić information content (AvgIpc) is 3.17. The highest BCUT2D eigenvalue weighted by Crippen LogP contribution is 2.23. The number of aromatic nitrogens is 3. The number of alkyl halides is 1. The topological polar surface area (TPSA) is 136 Å². The predicted octanol–water partition coefficient (Wildman–Crippen LogP) is 2.31. The SMILES string of the molecule is CC(C)(O)CNc1cc(-n2ccc3cc(C#N)cnc32)ncc1C(=O)NC[C@@H](F)C(C)(C)O. The first-order chi connectivity index (χ1) is 15.4. The number of rotatable bonds is 8. The molecule has 10 heteroatoms. The molecule has 0 saturated carbocycles. The maximum atomic E-state index is 14.1. The lowest BCUT2D eigenvalue weighted by atomic mass is 10.0. The fourth-order valence-electron chi connectivity index (χ4n) is 3.01. The van der Waals surface area contributed by atoms with Crippen LogP contribution in [0.4, 0.5) is 10.1 Å². The normalized spacial score (nSPS) is 12.9. The molecule has 1 amide bonds. The van der Waals surface area contributed by atoms with Crippen molar-refractivity contribution in [2.24, 2.45) is 0 Å². The number of carbonyl (C=O) groups excluding carboxylic acids is 1. The summed E-state index contributed by atoms with van der Waals surface area (Å²) in [6.45, 7) is 5.66. The van der Waals surface area contributed by atoms with E-state index >= 15 is 0 Å². The van der Waals surface area contributed by atoms with E-state index in [0.717, 1.165) is 5.39 Å². The first-order valence-electron chi connectivity index (χ1n) is 10.4. The summed E-state index contributed by atoms with van der Waals surface area (Å²) in [5.74, 6) is -0.120. The van der Waals surface area contributed by atoms with Gasteiger partial charge >= 0.3 is 0 Å². The summed E-state index contributed by atoms with van der Waals surface area (Å²) in [7, 11) is 0. The summed E-state index contributed by atoms with van der Waals surface area (Å²) in [6.07, 6.45) is 2.91. The summed E-state index contributed by atoms with van der Waals surface area (Å²) >= 11 is 0. The fourth-order valence-corrected chi connectivity index (χ4v) is 3.01. The lowest BCUT2D eigenvalue weighted by Crippen LogP contribution is -2.42. The van der Waals surface area contributed by atoms with Crippen LogP contribution in [0.3, 0.4) is 0 Å². The van der Waals surface area contributed by atoms with Crippen LogP contribution < -0.4 is 10.6 Å². The van der Waals surface area contributed by atoms with Crippen molar-refractivity contribution < 1.29 is 19.4 Å². The molecule has 33 heavy (non-hydrogen) atoms. The lowest BCUT2D eigenvalue weighted by Gasteiger charge is -2.23. The molecule has 4 N–H and O–H groups in total. The minimum Gasteiger partial charge on any atom is -0.389 e. The molecule has 3 aromatic heterocycles. The molecule has 0 saturated heterocycles. The van der Waals surface area contributed by atoms with Crippen LogP contribution in [0.5, 0.6) is 0 Å². The van der Waals surface area contributed by atoms with Crippen molar-refractivity contribution >= 4 is 22.6 Å². The number of fused-ring (bicyclic) bond motifs is 1. The zero-order valence-electron chi connectivity index (χ0n) is 18.9. The van der Waals surface area contributed by atoms with Gasteiger partial charge in [0.1, 0.15) is 23.7 Å². The lowest BCUT2D eigenvalue weighted by molar-refractivity contribution is -0.00178. The summed E-state index contributed by atoms with van der Waals surface area (Å²) < 4.78 is 15.8. The maximum Gasteiger partial charge on any atom is 0.255 e. The Bertz CT molecular complexity index is 1200. The van der Waals surface area contributed by atoms with Crippen molar-refractivity contribution in [3.8, 4) is 11.9 Å². The monoisotopic (exact) mass is 454 g/mol. The Balaban J connectivity index is 1.95. The molecule has 3 aromatic rings. The van der Waals surface area contributed by atoms with Gasteiger partial charge in [0.15, 0.2) is 0 Å². The average molecular weight is 455 g/mol. The van der Waals surface area contributed by atoms with E-state index in [1.165, 1.54) is 26.2 Å². The van der Waals surface area contributed by atoms with Gasteiger partial charge < -0.3 is 20.8 Å². The number of aliphatic hydroxyl groups is 2. The van der Waals surface area contributed by atoms with Gasteiger partial charge in [-0.2, -0.15) is 5.26 Å². The van der Waals surface area contributed by atoms with Crippen LogP contribution in [0.15, 0.2) is 36.8 Å². The van der Waals surface area contributed by atoms with Crippen molar-refractivity contribution in [1.29, 1.82) is 5.26 Å². The van der Waals surface area contributed by atoms with Gasteiger partial charge in [-0.15, -0.1) is 0 Å². The van der Waals surface area contributed by atoms with E-state index in [0.29, 0.717) is 22.7 Å².